The van der Waals surface area contributed by atoms with Gasteiger partial charge in [-0.2, -0.15) is 0 Å². The summed E-state index contributed by atoms with van der Waals surface area (Å²) in [6, 6.07) is 7.39. The fourth-order valence-corrected chi connectivity index (χ4v) is 3.58. The predicted octanol–water partition coefficient (Wildman–Crippen LogP) is 4.17. The lowest BCUT2D eigenvalue weighted by Gasteiger charge is -2.29. The maximum atomic E-state index is 12.6. The van der Waals surface area contributed by atoms with E-state index in [1.54, 1.807) is 0 Å². The Bertz CT molecular complexity index is 606. The molecule has 5 nitrogen and oxygen atoms in total. The van der Waals surface area contributed by atoms with Crippen LogP contribution in [0.25, 0.3) is 0 Å². The molecule has 2 aliphatic rings. The highest BCUT2D eigenvalue weighted by molar-refractivity contribution is 5.93. The summed E-state index contributed by atoms with van der Waals surface area (Å²) in [5, 5.41) is 3.01. The van der Waals surface area contributed by atoms with Crippen LogP contribution in [-0.4, -0.2) is 29.1 Å². The first-order valence-electron chi connectivity index (χ1n) is 8.82. The van der Waals surface area contributed by atoms with Gasteiger partial charge in [-0.25, -0.2) is 14.5 Å². The molecule has 1 saturated heterocycles. The molecule has 0 radical (unpaired) electrons. The van der Waals surface area contributed by atoms with Crippen LogP contribution in [0.2, 0.25) is 0 Å². The predicted molar refractivity (Wildman–Crippen MR) is 91.7 cm³/mol. The van der Waals surface area contributed by atoms with Crippen molar-refractivity contribution in [3.05, 3.63) is 35.4 Å². The first-order valence-corrected chi connectivity index (χ1v) is 8.82. The van der Waals surface area contributed by atoms with Crippen LogP contribution in [0, 0.1) is 12.8 Å². The van der Waals surface area contributed by atoms with Crippen LogP contribution >= 0.6 is 0 Å². The number of hydrogen-bond donors (Lipinski definition) is 1. The molecule has 3 amide bonds. The monoisotopic (exact) mass is 330 g/mol. The maximum absolute atomic E-state index is 12.6. The summed E-state index contributed by atoms with van der Waals surface area (Å²) >= 11 is 0. The Morgan fingerprint density at radius 1 is 1.12 bits per heavy atom. The van der Waals surface area contributed by atoms with Crippen molar-refractivity contribution >= 4 is 12.1 Å². The number of nitrogens with zero attached hydrogens (tertiary/aromatic N) is 1. The second kappa shape index (κ2) is 6.83. The topological polar surface area (TPSA) is 58.6 Å². The molecule has 3 rings (SSSR count). The number of ether oxygens (including phenoxy) is 1. The van der Waals surface area contributed by atoms with Gasteiger partial charge in [0.15, 0.2) is 0 Å². The summed E-state index contributed by atoms with van der Waals surface area (Å²) in [5.41, 5.74) is 2.07. The molecule has 0 bridgehead atoms. The van der Waals surface area contributed by atoms with Gasteiger partial charge in [0.2, 0.25) is 0 Å². The third kappa shape index (κ3) is 3.40. The fraction of sp³-hybridized carbons (Fsp3) is 0.579. The number of cyclic esters (lactones) is 1. The molecule has 1 saturated carbocycles. The van der Waals surface area contributed by atoms with E-state index in [0.717, 1.165) is 42.7 Å². The molecule has 1 aliphatic heterocycles. The number of urea groups is 1. The van der Waals surface area contributed by atoms with E-state index >= 15 is 0 Å². The normalized spacial score (nSPS) is 30.1. The molecule has 2 atom stereocenters. The third-order valence-electron chi connectivity index (χ3n) is 5.24. The average molecular weight is 330 g/mol. The van der Waals surface area contributed by atoms with Crippen LogP contribution in [-0.2, 0) is 4.74 Å². The highest BCUT2D eigenvalue weighted by Gasteiger charge is 2.43. The van der Waals surface area contributed by atoms with Crippen molar-refractivity contribution in [2.24, 2.45) is 5.92 Å². The zero-order valence-corrected chi connectivity index (χ0v) is 14.6. The van der Waals surface area contributed by atoms with Crippen molar-refractivity contribution in [1.29, 1.82) is 0 Å². The lowest BCUT2D eigenvalue weighted by atomic mass is 9.87. The van der Waals surface area contributed by atoms with E-state index in [1.165, 1.54) is 4.90 Å². The smallest absolute Gasteiger partial charge is 0.419 e. The Hall–Kier alpha value is -2.04. The molecule has 0 spiro atoms. The largest absolute Gasteiger partial charge is 0.439 e. The second-order valence-corrected chi connectivity index (χ2v) is 7.23. The number of amides is 3. The number of hydrogen-bond acceptors (Lipinski definition) is 3. The molecule has 1 aromatic carbocycles. The summed E-state index contributed by atoms with van der Waals surface area (Å²) in [6.45, 7) is 6.11. The van der Waals surface area contributed by atoms with Gasteiger partial charge >= 0.3 is 12.1 Å². The zero-order chi connectivity index (χ0) is 17.3. The molecule has 1 heterocycles. The van der Waals surface area contributed by atoms with Crippen LogP contribution in [0.1, 0.15) is 56.8 Å². The molecule has 130 valence electrons. The van der Waals surface area contributed by atoms with Crippen LogP contribution < -0.4 is 5.32 Å². The Kier molecular flexibility index (Phi) is 4.78. The molecule has 1 N–H and O–H groups in total. The van der Waals surface area contributed by atoms with E-state index in [-0.39, 0.29) is 18.1 Å². The van der Waals surface area contributed by atoms with Gasteiger partial charge in [-0.3, -0.25) is 0 Å². The number of imide groups is 1. The van der Waals surface area contributed by atoms with Crippen molar-refractivity contribution in [1.82, 2.24) is 10.2 Å². The summed E-state index contributed by atoms with van der Waals surface area (Å²) in [6.07, 6.45) is 3.23. The highest BCUT2D eigenvalue weighted by atomic mass is 16.6. The van der Waals surface area contributed by atoms with E-state index in [4.69, 9.17) is 4.74 Å². The van der Waals surface area contributed by atoms with Crippen molar-refractivity contribution < 1.29 is 14.3 Å². The quantitative estimate of drug-likeness (QED) is 0.885. The van der Waals surface area contributed by atoms with Crippen molar-refractivity contribution in [3.8, 4) is 0 Å². The number of nitrogens with one attached hydrogen (secondary N) is 1. The van der Waals surface area contributed by atoms with Gasteiger partial charge in [0.1, 0.15) is 6.10 Å². The lowest BCUT2D eigenvalue weighted by molar-refractivity contribution is 0.131. The van der Waals surface area contributed by atoms with Gasteiger partial charge < -0.3 is 10.1 Å². The molecule has 0 aromatic heterocycles. The first kappa shape index (κ1) is 16.8. The summed E-state index contributed by atoms with van der Waals surface area (Å²) in [4.78, 5) is 26.0. The van der Waals surface area contributed by atoms with E-state index < -0.39 is 12.2 Å². The zero-order valence-electron chi connectivity index (χ0n) is 14.6. The van der Waals surface area contributed by atoms with E-state index in [0.29, 0.717) is 0 Å². The summed E-state index contributed by atoms with van der Waals surface area (Å²) < 4.78 is 5.47. The number of carbonyl (C=O) groups is 2. The number of rotatable bonds is 2. The van der Waals surface area contributed by atoms with Gasteiger partial charge in [-0.15, -0.1) is 0 Å². The summed E-state index contributed by atoms with van der Waals surface area (Å²) in [7, 11) is 0. The Morgan fingerprint density at radius 3 is 2.38 bits per heavy atom. The Labute approximate surface area is 143 Å². The molecule has 5 heteroatoms. The second-order valence-electron chi connectivity index (χ2n) is 7.23. The highest BCUT2D eigenvalue weighted by Crippen LogP contribution is 2.33. The Morgan fingerprint density at radius 2 is 1.75 bits per heavy atom. The average Bonchev–Trinajstić information content (AvgIpc) is 2.85. The molecule has 0 unspecified atom stereocenters. The van der Waals surface area contributed by atoms with Crippen molar-refractivity contribution in [2.75, 3.05) is 0 Å². The lowest BCUT2D eigenvalue weighted by Crippen LogP contribution is -2.48. The van der Waals surface area contributed by atoms with E-state index in [9.17, 15) is 9.59 Å². The van der Waals surface area contributed by atoms with Crippen molar-refractivity contribution in [3.63, 3.8) is 0 Å². The van der Waals surface area contributed by atoms with Crippen LogP contribution in [0.5, 0.6) is 0 Å². The molecular weight excluding hydrogens is 304 g/mol. The third-order valence-corrected chi connectivity index (χ3v) is 5.24. The molecule has 2 fully saturated rings. The number of aryl methyl sites for hydroxylation is 1. The van der Waals surface area contributed by atoms with Crippen LogP contribution in [0.3, 0.4) is 0 Å². The minimum atomic E-state index is -0.560. The van der Waals surface area contributed by atoms with Gasteiger partial charge in [0.25, 0.3) is 0 Å². The standard InChI is InChI=1S/C19H26N2O3/c1-12-4-8-15(9-5-12)17-14(3)21(19(23)24-17)18(22)20-16-10-6-13(2)7-11-16/h4-5,8-9,13-14,16-17H,6-7,10-11H2,1-3H3,(H,20,22)/t13?,14-,16?,17+/m0/s1. The number of carbonyl (C=O) groups excluding carboxylic acids is 2. The summed E-state index contributed by atoms with van der Waals surface area (Å²) in [5.74, 6) is 0.722. The molecule has 1 aromatic rings. The van der Waals surface area contributed by atoms with Gasteiger partial charge in [-0.05, 0) is 51.0 Å². The molecular formula is C19H26N2O3. The van der Waals surface area contributed by atoms with Gasteiger partial charge in [0.05, 0.1) is 6.04 Å². The fourth-order valence-electron chi connectivity index (χ4n) is 3.58. The van der Waals surface area contributed by atoms with Crippen LogP contribution in [0.15, 0.2) is 24.3 Å². The minimum Gasteiger partial charge on any atom is -0.439 e. The first-order chi connectivity index (χ1) is 11.5. The van der Waals surface area contributed by atoms with Crippen molar-refractivity contribution in [2.45, 2.75) is 64.6 Å². The maximum Gasteiger partial charge on any atom is 0.419 e. The molecule has 24 heavy (non-hydrogen) atoms. The van der Waals surface area contributed by atoms with E-state index in [2.05, 4.69) is 12.2 Å². The number of benzene rings is 1. The Balaban J connectivity index is 1.66. The van der Waals surface area contributed by atoms with E-state index in [1.807, 2.05) is 38.1 Å². The van der Waals surface area contributed by atoms with Gasteiger partial charge in [0, 0.05) is 6.04 Å². The SMILES string of the molecule is Cc1ccc([C@@H]2OC(=O)N(C(=O)NC3CCC(C)CC3)[C@H]2C)cc1. The van der Waals surface area contributed by atoms with Gasteiger partial charge in [-0.1, -0.05) is 36.8 Å². The van der Waals surface area contributed by atoms with Crippen LogP contribution in [0.4, 0.5) is 9.59 Å². The molecule has 1 aliphatic carbocycles. The minimum absolute atomic E-state index is 0.159.